The van der Waals surface area contributed by atoms with Gasteiger partial charge in [-0.1, -0.05) is 29.8 Å². The van der Waals surface area contributed by atoms with Crippen LogP contribution in [0.2, 0.25) is 5.02 Å². The summed E-state index contributed by atoms with van der Waals surface area (Å²) in [7, 11) is 0. The van der Waals surface area contributed by atoms with Crippen molar-refractivity contribution in [2.75, 3.05) is 26.2 Å². The van der Waals surface area contributed by atoms with E-state index in [0.717, 1.165) is 12.1 Å². The Morgan fingerprint density at radius 1 is 1.40 bits per heavy atom. The number of amides is 2. The van der Waals surface area contributed by atoms with Crippen molar-refractivity contribution in [1.29, 1.82) is 0 Å². The molecule has 2 amide bonds. The Labute approximate surface area is 124 Å². The second kappa shape index (κ2) is 6.02. The highest BCUT2D eigenvalue weighted by Crippen LogP contribution is 2.29. The van der Waals surface area contributed by atoms with Crippen LogP contribution in [0, 0.1) is 5.92 Å². The van der Waals surface area contributed by atoms with E-state index < -0.39 is 0 Å². The third kappa shape index (κ3) is 3.25. The van der Waals surface area contributed by atoms with Crippen LogP contribution in [-0.2, 0) is 4.74 Å². The van der Waals surface area contributed by atoms with Crippen molar-refractivity contribution in [3.8, 4) is 0 Å². The van der Waals surface area contributed by atoms with Gasteiger partial charge in [0.25, 0.3) is 0 Å². The van der Waals surface area contributed by atoms with Crippen LogP contribution < -0.4 is 5.32 Å². The lowest BCUT2D eigenvalue weighted by atomic mass is 10.1. The van der Waals surface area contributed by atoms with Gasteiger partial charge in [0.15, 0.2) is 0 Å². The number of nitrogens with zero attached hydrogens (tertiary/aromatic N) is 1. The fraction of sp³-hybridized carbons (Fsp3) is 0.533. The Morgan fingerprint density at radius 2 is 2.20 bits per heavy atom. The lowest BCUT2D eigenvalue weighted by molar-refractivity contribution is -0.0153. The molecule has 0 spiro atoms. The van der Waals surface area contributed by atoms with Crippen molar-refractivity contribution >= 4 is 17.6 Å². The highest BCUT2D eigenvalue weighted by Gasteiger charge is 2.28. The second-order valence-electron chi connectivity index (χ2n) is 5.46. The molecule has 5 heteroatoms. The molecule has 1 aliphatic carbocycles. The van der Waals surface area contributed by atoms with Crippen LogP contribution in [0.1, 0.15) is 24.5 Å². The van der Waals surface area contributed by atoms with Crippen LogP contribution >= 0.6 is 11.6 Å². The maximum absolute atomic E-state index is 12.1. The van der Waals surface area contributed by atoms with E-state index in [1.165, 1.54) is 12.8 Å². The largest absolute Gasteiger partial charge is 0.370 e. The molecule has 4 nitrogen and oxygen atoms in total. The first-order chi connectivity index (χ1) is 9.74. The third-order valence-electron chi connectivity index (χ3n) is 3.84. The first kappa shape index (κ1) is 13.7. The fourth-order valence-corrected chi connectivity index (χ4v) is 2.68. The molecular formula is C15H19ClN2O2. The highest BCUT2D eigenvalue weighted by molar-refractivity contribution is 6.31. The normalized spacial score (nSPS) is 22.6. The minimum atomic E-state index is -0.135. The van der Waals surface area contributed by atoms with Gasteiger partial charge in [-0.2, -0.15) is 0 Å². The zero-order chi connectivity index (χ0) is 13.9. The summed E-state index contributed by atoms with van der Waals surface area (Å²) in [6.45, 7) is 2.54. The third-order valence-corrected chi connectivity index (χ3v) is 4.19. The number of hydrogen-bond acceptors (Lipinski definition) is 2. The van der Waals surface area contributed by atoms with E-state index in [1.807, 2.05) is 29.2 Å². The van der Waals surface area contributed by atoms with Crippen molar-refractivity contribution in [2.45, 2.75) is 18.9 Å². The fourth-order valence-electron chi connectivity index (χ4n) is 2.42. The van der Waals surface area contributed by atoms with E-state index >= 15 is 0 Å². The van der Waals surface area contributed by atoms with Gasteiger partial charge in [0.2, 0.25) is 0 Å². The van der Waals surface area contributed by atoms with E-state index in [9.17, 15) is 4.79 Å². The van der Waals surface area contributed by atoms with Crippen molar-refractivity contribution in [1.82, 2.24) is 10.2 Å². The summed E-state index contributed by atoms with van der Waals surface area (Å²) >= 11 is 6.20. The van der Waals surface area contributed by atoms with Gasteiger partial charge in [0.1, 0.15) is 6.10 Å². The predicted octanol–water partition coefficient (Wildman–Crippen LogP) is 2.83. The quantitative estimate of drug-likeness (QED) is 0.931. The molecule has 0 radical (unpaired) electrons. The number of morpholine rings is 1. The minimum Gasteiger partial charge on any atom is -0.370 e. The predicted molar refractivity (Wildman–Crippen MR) is 77.8 cm³/mol. The van der Waals surface area contributed by atoms with Gasteiger partial charge in [0, 0.05) is 23.7 Å². The molecule has 1 aromatic carbocycles. The van der Waals surface area contributed by atoms with E-state index in [1.54, 1.807) is 0 Å². The molecule has 1 unspecified atom stereocenters. The Balaban J connectivity index is 1.60. The van der Waals surface area contributed by atoms with E-state index in [-0.39, 0.29) is 12.1 Å². The Morgan fingerprint density at radius 3 is 2.95 bits per heavy atom. The Hall–Kier alpha value is -1.26. The molecule has 1 heterocycles. The number of halogens is 1. The molecule has 0 aromatic heterocycles. The van der Waals surface area contributed by atoms with Gasteiger partial charge < -0.3 is 15.0 Å². The van der Waals surface area contributed by atoms with Crippen molar-refractivity contribution < 1.29 is 9.53 Å². The summed E-state index contributed by atoms with van der Waals surface area (Å²) in [5.41, 5.74) is 0.953. The summed E-state index contributed by atoms with van der Waals surface area (Å²) < 4.78 is 5.76. The van der Waals surface area contributed by atoms with Gasteiger partial charge in [-0.25, -0.2) is 4.79 Å². The molecule has 0 bridgehead atoms. The molecule has 2 fully saturated rings. The Kier molecular flexibility index (Phi) is 4.13. The molecule has 20 heavy (non-hydrogen) atoms. The molecule has 1 atom stereocenters. The van der Waals surface area contributed by atoms with Crippen molar-refractivity contribution in [2.24, 2.45) is 5.92 Å². The van der Waals surface area contributed by atoms with Gasteiger partial charge in [0.05, 0.1) is 13.2 Å². The van der Waals surface area contributed by atoms with Gasteiger partial charge in [-0.3, -0.25) is 0 Å². The summed E-state index contributed by atoms with van der Waals surface area (Å²) in [4.78, 5) is 13.9. The standard InChI is InChI=1S/C15H19ClN2O2/c16-13-4-2-1-3-12(13)14-10-18(7-8-20-14)15(19)17-9-11-5-6-11/h1-4,11,14H,5-10H2,(H,17,19). The number of benzene rings is 1. The highest BCUT2D eigenvalue weighted by atomic mass is 35.5. The molecule has 108 valence electrons. The molecule has 1 N–H and O–H groups in total. The number of rotatable bonds is 3. The van der Waals surface area contributed by atoms with E-state index in [4.69, 9.17) is 16.3 Å². The topological polar surface area (TPSA) is 41.6 Å². The molecule has 1 saturated carbocycles. The number of nitrogens with one attached hydrogen (secondary N) is 1. The molecule has 1 aromatic rings. The zero-order valence-corrected chi connectivity index (χ0v) is 12.1. The van der Waals surface area contributed by atoms with Crippen LogP contribution in [0.4, 0.5) is 4.79 Å². The van der Waals surface area contributed by atoms with Gasteiger partial charge in [-0.05, 0) is 24.8 Å². The molecule has 1 saturated heterocycles. The monoisotopic (exact) mass is 294 g/mol. The smallest absolute Gasteiger partial charge is 0.317 e. The van der Waals surface area contributed by atoms with Crippen LogP contribution in [0.25, 0.3) is 0 Å². The Bertz CT molecular complexity index is 491. The van der Waals surface area contributed by atoms with Crippen LogP contribution in [0.5, 0.6) is 0 Å². The summed E-state index contributed by atoms with van der Waals surface area (Å²) in [6.07, 6.45) is 2.35. The van der Waals surface area contributed by atoms with Gasteiger partial charge >= 0.3 is 6.03 Å². The number of carbonyl (C=O) groups excluding carboxylic acids is 1. The van der Waals surface area contributed by atoms with Gasteiger partial charge in [-0.15, -0.1) is 0 Å². The summed E-state index contributed by atoms with van der Waals surface area (Å²) in [5.74, 6) is 0.694. The number of ether oxygens (including phenoxy) is 1. The molecule has 3 rings (SSSR count). The second-order valence-corrected chi connectivity index (χ2v) is 5.86. The SMILES string of the molecule is O=C(NCC1CC1)N1CCOC(c2ccccc2Cl)C1. The van der Waals surface area contributed by atoms with Crippen LogP contribution in [-0.4, -0.2) is 37.2 Å². The van der Waals surface area contributed by atoms with Crippen molar-refractivity contribution in [3.63, 3.8) is 0 Å². The van der Waals surface area contributed by atoms with E-state index in [2.05, 4.69) is 5.32 Å². The number of carbonyl (C=O) groups is 1. The average Bonchev–Trinajstić information content (AvgIpc) is 3.29. The number of urea groups is 1. The first-order valence-electron chi connectivity index (χ1n) is 7.13. The molecular weight excluding hydrogens is 276 g/mol. The number of hydrogen-bond donors (Lipinski definition) is 1. The zero-order valence-electron chi connectivity index (χ0n) is 11.3. The first-order valence-corrected chi connectivity index (χ1v) is 7.50. The molecule has 1 aliphatic heterocycles. The van der Waals surface area contributed by atoms with Crippen LogP contribution in [0.3, 0.4) is 0 Å². The summed E-state index contributed by atoms with van der Waals surface area (Å²) in [5, 5.41) is 3.69. The lowest BCUT2D eigenvalue weighted by Crippen LogP contribution is -2.47. The minimum absolute atomic E-state index is 0.0113. The maximum Gasteiger partial charge on any atom is 0.317 e. The van der Waals surface area contributed by atoms with Crippen molar-refractivity contribution in [3.05, 3.63) is 34.9 Å². The maximum atomic E-state index is 12.1. The van der Waals surface area contributed by atoms with E-state index in [0.29, 0.717) is 30.6 Å². The van der Waals surface area contributed by atoms with Crippen LogP contribution in [0.15, 0.2) is 24.3 Å². The lowest BCUT2D eigenvalue weighted by Gasteiger charge is -2.33. The molecule has 2 aliphatic rings. The average molecular weight is 295 g/mol. The summed E-state index contributed by atoms with van der Waals surface area (Å²) in [6, 6.07) is 7.66.